The maximum atomic E-state index is 8.92. The van der Waals surface area contributed by atoms with Crippen molar-refractivity contribution >= 4 is 12.8 Å². The van der Waals surface area contributed by atoms with Gasteiger partial charge in [0.1, 0.15) is 11.8 Å². The lowest BCUT2D eigenvalue weighted by molar-refractivity contribution is -0.123. The molecule has 6 heteroatoms. The molecule has 0 saturated heterocycles. The van der Waals surface area contributed by atoms with Crippen LogP contribution in [0.2, 0.25) is 0 Å². The number of allylic oxidation sites excluding steroid dienone is 2. The van der Waals surface area contributed by atoms with Gasteiger partial charge < -0.3 is 10.0 Å². The first-order chi connectivity index (χ1) is 6.18. The minimum absolute atomic E-state index is 0.109. The number of rotatable bonds is 1. The van der Waals surface area contributed by atoms with E-state index >= 15 is 0 Å². The van der Waals surface area contributed by atoms with E-state index < -0.39 is 7.12 Å². The summed E-state index contributed by atoms with van der Waals surface area (Å²) in [6.07, 6.45) is 5.03. The van der Waals surface area contributed by atoms with Crippen LogP contribution in [0.1, 0.15) is 0 Å². The molecule has 0 spiro atoms. The van der Waals surface area contributed by atoms with Crippen molar-refractivity contribution in [1.29, 1.82) is 0 Å². The molecule has 0 radical (unpaired) electrons. The Labute approximate surface area is 75.7 Å². The van der Waals surface area contributed by atoms with Crippen molar-refractivity contribution in [3.63, 3.8) is 0 Å². The lowest BCUT2D eigenvalue weighted by Gasteiger charge is -2.16. The topological polar surface area (TPSA) is 65.3 Å². The Kier molecular flexibility index (Phi) is 1.95. The zero-order chi connectivity index (χ0) is 9.42. The molecule has 2 rings (SSSR count). The first kappa shape index (κ1) is 8.49. The fourth-order valence-corrected chi connectivity index (χ4v) is 1.31. The van der Waals surface area contributed by atoms with Crippen LogP contribution in [0.15, 0.2) is 28.9 Å². The number of hydroxylamine groups is 2. The molecule has 0 saturated carbocycles. The predicted molar refractivity (Wildman–Crippen MR) is 47.5 cm³/mol. The van der Waals surface area contributed by atoms with Gasteiger partial charge in [-0.25, -0.2) is 0 Å². The van der Waals surface area contributed by atoms with Gasteiger partial charge >= 0.3 is 7.12 Å². The molecule has 0 aromatic carbocycles. The van der Waals surface area contributed by atoms with Gasteiger partial charge in [0.15, 0.2) is 0 Å². The summed E-state index contributed by atoms with van der Waals surface area (Å²) in [5.74, 6) is 0. The van der Waals surface area contributed by atoms with E-state index in [-0.39, 0.29) is 6.04 Å². The average Bonchev–Trinajstić information content (AvgIpc) is 2.47. The van der Waals surface area contributed by atoms with Crippen LogP contribution in [0.5, 0.6) is 0 Å². The Morgan fingerprint density at radius 1 is 1.54 bits per heavy atom. The van der Waals surface area contributed by atoms with E-state index in [0.717, 1.165) is 5.71 Å². The lowest BCUT2D eigenvalue weighted by atomic mass is 9.75. The summed E-state index contributed by atoms with van der Waals surface area (Å²) in [6.45, 7) is 0. The summed E-state index contributed by atoms with van der Waals surface area (Å²) >= 11 is 0. The predicted octanol–water partition coefficient (Wildman–Crippen LogP) is -0.904. The van der Waals surface area contributed by atoms with Crippen molar-refractivity contribution in [2.45, 2.75) is 6.04 Å². The molecule has 1 unspecified atom stereocenters. The highest BCUT2D eigenvalue weighted by Crippen LogP contribution is 2.19. The van der Waals surface area contributed by atoms with E-state index in [0.29, 0.717) is 5.47 Å². The largest absolute Gasteiger partial charge is 0.488 e. The maximum absolute atomic E-state index is 8.92. The smallest absolute Gasteiger partial charge is 0.423 e. The monoisotopic (exact) mass is 180 g/mol. The van der Waals surface area contributed by atoms with Crippen molar-refractivity contribution in [3.05, 3.63) is 23.7 Å². The minimum Gasteiger partial charge on any atom is -0.423 e. The van der Waals surface area contributed by atoms with Gasteiger partial charge in [0.05, 0.1) is 0 Å². The van der Waals surface area contributed by atoms with E-state index in [2.05, 4.69) is 5.16 Å². The van der Waals surface area contributed by atoms with E-state index in [4.69, 9.17) is 15.0 Å². The van der Waals surface area contributed by atoms with Crippen molar-refractivity contribution in [3.8, 4) is 0 Å². The van der Waals surface area contributed by atoms with Crippen molar-refractivity contribution in [2.24, 2.45) is 5.16 Å². The third-order valence-electron chi connectivity index (χ3n) is 2.06. The first-order valence-electron chi connectivity index (χ1n) is 3.92. The van der Waals surface area contributed by atoms with E-state index in [1.807, 2.05) is 0 Å². The first-order valence-corrected chi connectivity index (χ1v) is 3.92. The third-order valence-corrected chi connectivity index (χ3v) is 2.06. The van der Waals surface area contributed by atoms with Gasteiger partial charge in [0.25, 0.3) is 0 Å². The van der Waals surface area contributed by atoms with Crippen molar-refractivity contribution < 1.29 is 15.0 Å². The van der Waals surface area contributed by atoms with Crippen molar-refractivity contribution in [1.82, 2.24) is 5.06 Å². The maximum Gasteiger partial charge on any atom is 0.488 e. The number of hydrogen-bond acceptors (Lipinski definition) is 5. The Bertz CT molecular complexity index is 311. The second-order valence-corrected chi connectivity index (χ2v) is 2.96. The zero-order valence-corrected chi connectivity index (χ0v) is 7.08. The number of fused-ring (bicyclic) bond motifs is 1. The molecule has 0 bridgehead atoms. The van der Waals surface area contributed by atoms with Gasteiger partial charge in [0.2, 0.25) is 0 Å². The summed E-state index contributed by atoms with van der Waals surface area (Å²) in [6, 6.07) is -0.109. The molecule has 2 aliphatic rings. The molecule has 0 aromatic rings. The third kappa shape index (κ3) is 1.39. The zero-order valence-electron chi connectivity index (χ0n) is 7.08. The van der Waals surface area contributed by atoms with Crippen LogP contribution in [-0.4, -0.2) is 41.0 Å². The molecule has 1 atom stereocenters. The minimum atomic E-state index is -1.44. The molecular formula is C7H9BN2O3. The van der Waals surface area contributed by atoms with E-state index in [1.165, 1.54) is 0 Å². The van der Waals surface area contributed by atoms with Gasteiger partial charge in [-0.05, 0) is 11.5 Å². The van der Waals surface area contributed by atoms with Crippen LogP contribution < -0.4 is 0 Å². The Balaban J connectivity index is 2.26. The molecule has 0 aromatic heterocycles. The number of likely N-dealkylation sites (N-methyl/N-ethyl adjacent to an activating group) is 1. The summed E-state index contributed by atoms with van der Waals surface area (Å²) in [7, 11) is 0.296. The summed E-state index contributed by atoms with van der Waals surface area (Å²) in [5.41, 5.74) is 1.23. The molecule has 0 fully saturated rings. The summed E-state index contributed by atoms with van der Waals surface area (Å²) in [4.78, 5) is 4.89. The molecule has 13 heavy (non-hydrogen) atoms. The molecule has 68 valence electrons. The summed E-state index contributed by atoms with van der Waals surface area (Å²) < 4.78 is 0. The Morgan fingerprint density at radius 2 is 2.31 bits per heavy atom. The quantitative estimate of drug-likeness (QED) is 0.513. The molecule has 1 heterocycles. The highest BCUT2D eigenvalue weighted by Gasteiger charge is 2.30. The summed E-state index contributed by atoms with van der Waals surface area (Å²) in [5, 5.41) is 23.2. The highest BCUT2D eigenvalue weighted by molar-refractivity contribution is 6.52. The van der Waals surface area contributed by atoms with Crippen LogP contribution >= 0.6 is 0 Å². The second-order valence-electron chi connectivity index (χ2n) is 2.96. The van der Waals surface area contributed by atoms with Gasteiger partial charge in [0, 0.05) is 7.05 Å². The normalized spacial score (nSPS) is 26.2. The second kappa shape index (κ2) is 2.99. The number of hydrogen-bond donors (Lipinski definition) is 2. The molecule has 0 amide bonds. The van der Waals surface area contributed by atoms with E-state index in [9.17, 15) is 0 Å². The molecular weight excluding hydrogens is 171 g/mol. The SMILES string of the molecule is CN1ON=C2C=CC(B(O)O)=CC21. The Morgan fingerprint density at radius 3 is 3.00 bits per heavy atom. The molecule has 1 aliphatic carbocycles. The van der Waals surface area contributed by atoms with Crippen LogP contribution in [-0.2, 0) is 4.94 Å². The standard InChI is InChI=1S/C7H9BN2O3/c1-10-7-4-5(8(11)12)2-3-6(7)9-13-10/h2-4,7,11-12H,1H3. The van der Waals surface area contributed by atoms with Gasteiger partial charge in [-0.15, -0.1) is 5.06 Å². The van der Waals surface area contributed by atoms with Crippen LogP contribution in [0, 0.1) is 0 Å². The number of oxime groups is 1. The Hall–Kier alpha value is -1.11. The molecule has 1 aliphatic heterocycles. The van der Waals surface area contributed by atoms with Crippen LogP contribution in [0.25, 0.3) is 0 Å². The number of nitrogens with zero attached hydrogens (tertiary/aromatic N) is 2. The fourth-order valence-electron chi connectivity index (χ4n) is 1.31. The average molecular weight is 180 g/mol. The van der Waals surface area contributed by atoms with Gasteiger partial charge in [-0.3, -0.25) is 4.94 Å². The fraction of sp³-hybridized carbons (Fsp3) is 0.286. The van der Waals surface area contributed by atoms with Crippen LogP contribution in [0.4, 0.5) is 0 Å². The molecule has 5 nitrogen and oxygen atoms in total. The van der Waals surface area contributed by atoms with E-state index in [1.54, 1.807) is 30.3 Å². The lowest BCUT2D eigenvalue weighted by Crippen LogP contribution is -2.32. The van der Waals surface area contributed by atoms with Gasteiger partial charge in [-0.2, -0.15) is 0 Å². The van der Waals surface area contributed by atoms with Gasteiger partial charge in [-0.1, -0.05) is 17.3 Å². The highest BCUT2D eigenvalue weighted by atomic mass is 16.8. The van der Waals surface area contributed by atoms with Crippen LogP contribution in [0.3, 0.4) is 0 Å². The van der Waals surface area contributed by atoms with Crippen molar-refractivity contribution in [2.75, 3.05) is 7.05 Å². The molecule has 2 N–H and O–H groups in total.